The highest BCUT2D eigenvalue weighted by Crippen LogP contribution is 2.35. The quantitative estimate of drug-likeness (QED) is 0.923. The van der Waals surface area contributed by atoms with E-state index in [0.717, 1.165) is 18.4 Å². The fraction of sp³-hybridized carbons (Fsp3) is 0.533. The van der Waals surface area contributed by atoms with Crippen molar-refractivity contribution in [3.8, 4) is 5.75 Å². The molecule has 1 heterocycles. The highest BCUT2D eigenvalue weighted by molar-refractivity contribution is 5.80. The van der Waals surface area contributed by atoms with Crippen molar-refractivity contribution >= 4 is 5.96 Å². The van der Waals surface area contributed by atoms with Crippen molar-refractivity contribution < 1.29 is 9.13 Å². The van der Waals surface area contributed by atoms with Gasteiger partial charge in [0.25, 0.3) is 0 Å². The summed E-state index contributed by atoms with van der Waals surface area (Å²) in [5.74, 6) is 0.535. The zero-order valence-corrected chi connectivity index (χ0v) is 11.7. The molecule has 20 heavy (non-hydrogen) atoms. The third kappa shape index (κ3) is 2.21. The SMILES string of the molecule is COc1ccc(C2CN=C(N)N2C2CCCC2)cc1F. The third-order valence-electron chi connectivity index (χ3n) is 4.31. The molecule has 1 aliphatic heterocycles. The van der Waals surface area contributed by atoms with Gasteiger partial charge in [0.2, 0.25) is 0 Å². The van der Waals surface area contributed by atoms with Gasteiger partial charge in [-0.2, -0.15) is 0 Å². The molecule has 0 aromatic heterocycles. The number of nitrogens with two attached hydrogens (primary N) is 1. The van der Waals surface area contributed by atoms with Crippen molar-refractivity contribution in [2.75, 3.05) is 13.7 Å². The van der Waals surface area contributed by atoms with Gasteiger partial charge in [-0.3, -0.25) is 4.99 Å². The van der Waals surface area contributed by atoms with Crippen LogP contribution in [0.4, 0.5) is 4.39 Å². The fourth-order valence-corrected chi connectivity index (χ4v) is 3.29. The Hall–Kier alpha value is -1.78. The molecule has 1 aromatic carbocycles. The summed E-state index contributed by atoms with van der Waals surface area (Å²) in [4.78, 5) is 6.53. The van der Waals surface area contributed by atoms with Crippen LogP contribution in [-0.2, 0) is 0 Å². The number of hydrogen-bond acceptors (Lipinski definition) is 4. The zero-order chi connectivity index (χ0) is 14.1. The van der Waals surface area contributed by atoms with Crippen LogP contribution in [0.1, 0.15) is 37.3 Å². The molecule has 0 saturated heterocycles. The summed E-state index contributed by atoms with van der Waals surface area (Å²) >= 11 is 0. The summed E-state index contributed by atoms with van der Waals surface area (Å²) in [6, 6.07) is 5.61. The second-order valence-corrected chi connectivity index (χ2v) is 5.45. The van der Waals surface area contributed by atoms with Crippen molar-refractivity contribution in [3.63, 3.8) is 0 Å². The average Bonchev–Trinajstić information content (AvgIpc) is 3.07. The first kappa shape index (κ1) is 13.2. The summed E-state index contributed by atoms with van der Waals surface area (Å²) in [6.45, 7) is 0.605. The van der Waals surface area contributed by atoms with E-state index in [1.54, 1.807) is 12.1 Å². The molecular weight excluding hydrogens is 257 g/mol. The number of nitrogens with zero attached hydrogens (tertiary/aromatic N) is 2. The van der Waals surface area contributed by atoms with Crippen LogP contribution in [0.25, 0.3) is 0 Å². The topological polar surface area (TPSA) is 50.9 Å². The number of rotatable bonds is 3. The number of benzene rings is 1. The van der Waals surface area contributed by atoms with Gasteiger partial charge in [-0.25, -0.2) is 4.39 Å². The molecule has 1 atom stereocenters. The molecule has 0 radical (unpaired) electrons. The van der Waals surface area contributed by atoms with E-state index in [4.69, 9.17) is 10.5 Å². The van der Waals surface area contributed by atoms with Gasteiger partial charge in [0, 0.05) is 6.04 Å². The Labute approximate surface area is 118 Å². The maximum absolute atomic E-state index is 13.9. The lowest BCUT2D eigenvalue weighted by molar-refractivity contribution is 0.261. The van der Waals surface area contributed by atoms with E-state index in [2.05, 4.69) is 9.89 Å². The summed E-state index contributed by atoms with van der Waals surface area (Å²) in [7, 11) is 1.47. The van der Waals surface area contributed by atoms with E-state index in [1.165, 1.54) is 20.0 Å². The number of ether oxygens (including phenoxy) is 1. The minimum Gasteiger partial charge on any atom is -0.494 e. The summed E-state index contributed by atoms with van der Waals surface area (Å²) in [5.41, 5.74) is 6.95. The molecule has 1 aliphatic carbocycles. The second kappa shape index (κ2) is 5.31. The van der Waals surface area contributed by atoms with Crippen molar-refractivity contribution in [2.24, 2.45) is 10.7 Å². The summed E-state index contributed by atoms with van der Waals surface area (Å²) in [5, 5.41) is 0. The molecule has 1 fully saturated rings. The number of hydrogen-bond donors (Lipinski definition) is 1. The van der Waals surface area contributed by atoms with Gasteiger partial charge in [0.15, 0.2) is 17.5 Å². The second-order valence-electron chi connectivity index (χ2n) is 5.45. The van der Waals surface area contributed by atoms with Gasteiger partial charge in [-0.05, 0) is 30.5 Å². The summed E-state index contributed by atoms with van der Waals surface area (Å²) < 4.78 is 18.9. The highest BCUT2D eigenvalue weighted by Gasteiger charge is 2.34. The predicted octanol–water partition coefficient (Wildman–Crippen LogP) is 2.45. The first-order valence-electron chi connectivity index (χ1n) is 7.12. The Kier molecular flexibility index (Phi) is 3.51. The highest BCUT2D eigenvalue weighted by atomic mass is 19.1. The lowest BCUT2D eigenvalue weighted by Crippen LogP contribution is -2.42. The standard InChI is InChI=1S/C15H20FN3O/c1-20-14-7-6-10(8-12(14)16)13-9-18-15(17)19(13)11-4-2-3-5-11/h6-8,11,13H,2-5,9H2,1H3,(H2,17,18). The van der Waals surface area contributed by atoms with Gasteiger partial charge in [-0.1, -0.05) is 18.9 Å². The molecule has 0 spiro atoms. The monoisotopic (exact) mass is 277 g/mol. The smallest absolute Gasteiger partial charge is 0.192 e. The van der Waals surface area contributed by atoms with Gasteiger partial charge < -0.3 is 15.4 Å². The van der Waals surface area contributed by atoms with Gasteiger partial charge in [-0.15, -0.1) is 0 Å². The fourth-order valence-electron chi connectivity index (χ4n) is 3.29. The first-order chi connectivity index (χ1) is 9.70. The van der Waals surface area contributed by atoms with Gasteiger partial charge in [0.1, 0.15) is 0 Å². The molecule has 5 heteroatoms. The minimum atomic E-state index is -0.332. The van der Waals surface area contributed by atoms with Crippen LogP contribution in [0.3, 0.4) is 0 Å². The van der Waals surface area contributed by atoms with Gasteiger partial charge >= 0.3 is 0 Å². The molecule has 0 bridgehead atoms. The van der Waals surface area contributed by atoms with Crippen molar-refractivity contribution in [2.45, 2.75) is 37.8 Å². The van der Waals surface area contributed by atoms with Crippen molar-refractivity contribution in [3.05, 3.63) is 29.6 Å². The molecule has 1 saturated carbocycles. The zero-order valence-electron chi connectivity index (χ0n) is 11.7. The van der Waals surface area contributed by atoms with Crippen molar-refractivity contribution in [1.29, 1.82) is 0 Å². The Morgan fingerprint density at radius 1 is 1.35 bits per heavy atom. The van der Waals surface area contributed by atoms with Crippen LogP contribution in [0.5, 0.6) is 5.75 Å². The van der Waals surface area contributed by atoms with Gasteiger partial charge in [0.05, 0.1) is 19.7 Å². The largest absolute Gasteiger partial charge is 0.494 e. The molecule has 4 nitrogen and oxygen atoms in total. The number of halogens is 1. The van der Waals surface area contributed by atoms with Crippen LogP contribution in [0.2, 0.25) is 0 Å². The third-order valence-corrected chi connectivity index (χ3v) is 4.31. The van der Waals surface area contributed by atoms with Crippen LogP contribution < -0.4 is 10.5 Å². The molecule has 1 aromatic rings. The normalized spacial score (nSPS) is 23.2. The Morgan fingerprint density at radius 3 is 2.75 bits per heavy atom. The lowest BCUT2D eigenvalue weighted by atomic mass is 10.0. The first-order valence-corrected chi connectivity index (χ1v) is 7.12. The van der Waals surface area contributed by atoms with E-state index < -0.39 is 0 Å². The molecule has 2 N–H and O–H groups in total. The van der Waals surface area contributed by atoms with E-state index in [1.807, 2.05) is 6.07 Å². The number of guanidine groups is 1. The lowest BCUT2D eigenvalue weighted by Gasteiger charge is -2.32. The molecule has 2 aliphatic rings. The van der Waals surface area contributed by atoms with Crippen LogP contribution >= 0.6 is 0 Å². The minimum absolute atomic E-state index is 0.0542. The Balaban J connectivity index is 1.87. The maximum Gasteiger partial charge on any atom is 0.192 e. The van der Waals surface area contributed by atoms with E-state index in [-0.39, 0.29) is 17.6 Å². The van der Waals surface area contributed by atoms with E-state index in [0.29, 0.717) is 18.5 Å². The predicted molar refractivity (Wildman–Crippen MR) is 76.3 cm³/mol. The molecule has 108 valence electrons. The maximum atomic E-state index is 13.9. The van der Waals surface area contributed by atoms with Crippen molar-refractivity contribution in [1.82, 2.24) is 4.90 Å². The summed E-state index contributed by atoms with van der Waals surface area (Å²) in [6.07, 6.45) is 4.76. The van der Waals surface area contributed by atoms with Crippen LogP contribution in [-0.4, -0.2) is 30.6 Å². The van der Waals surface area contributed by atoms with Crippen LogP contribution in [0, 0.1) is 5.82 Å². The molecule has 1 unspecified atom stereocenters. The number of aliphatic imine (C=N–C) groups is 1. The molecule has 0 amide bonds. The Morgan fingerprint density at radius 2 is 2.10 bits per heavy atom. The molecular formula is C15H20FN3O. The average molecular weight is 277 g/mol. The van der Waals surface area contributed by atoms with E-state index in [9.17, 15) is 4.39 Å². The number of methoxy groups -OCH3 is 1. The van der Waals surface area contributed by atoms with E-state index >= 15 is 0 Å². The Bertz CT molecular complexity index is 526. The van der Waals surface area contributed by atoms with Crippen LogP contribution in [0.15, 0.2) is 23.2 Å². The molecule has 3 rings (SSSR count).